The monoisotopic (exact) mass is 346 g/mol. The predicted octanol–water partition coefficient (Wildman–Crippen LogP) is 4.21. The van der Waals surface area contributed by atoms with E-state index in [2.05, 4.69) is 58.9 Å². The van der Waals surface area contributed by atoms with Gasteiger partial charge in [-0.2, -0.15) is 0 Å². The molecule has 2 N–H and O–H groups in total. The molecule has 0 spiro atoms. The molecule has 21 heavy (non-hydrogen) atoms. The van der Waals surface area contributed by atoms with Crippen LogP contribution < -0.4 is 15.4 Å². The molecule has 0 saturated heterocycles. The maximum atomic E-state index is 6.06. The molecule has 0 aliphatic carbocycles. The number of fused-ring (bicyclic) bond motifs is 1. The van der Waals surface area contributed by atoms with Crippen LogP contribution in [0.1, 0.15) is 19.4 Å². The summed E-state index contributed by atoms with van der Waals surface area (Å²) in [5.74, 6) is 0.901. The van der Waals surface area contributed by atoms with Gasteiger partial charge in [-0.25, -0.2) is 0 Å². The number of anilines is 2. The van der Waals surface area contributed by atoms with Crippen LogP contribution in [0.5, 0.6) is 5.75 Å². The summed E-state index contributed by atoms with van der Waals surface area (Å²) in [6.07, 6.45) is 0. The second kappa shape index (κ2) is 5.26. The number of halogens is 1. The lowest BCUT2D eigenvalue weighted by molar-refractivity contribution is 0.104. The average Bonchev–Trinajstić information content (AvgIpc) is 2.41. The number of benzene rings is 2. The molecule has 1 aliphatic rings. The van der Waals surface area contributed by atoms with E-state index in [9.17, 15) is 0 Å². The zero-order valence-corrected chi connectivity index (χ0v) is 13.9. The summed E-state index contributed by atoms with van der Waals surface area (Å²) in [4.78, 5) is 2.33. The molecular weight excluding hydrogens is 328 g/mol. The van der Waals surface area contributed by atoms with Gasteiger partial charge in [-0.15, -0.1) is 0 Å². The first-order chi connectivity index (χ1) is 9.93. The van der Waals surface area contributed by atoms with E-state index in [-0.39, 0.29) is 5.60 Å². The molecule has 4 heteroatoms. The molecule has 0 bridgehead atoms. The third kappa shape index (κ3) is 3.16. The summed E-state index contributed by atoms with van der Waals surface area (Å²) in [5.41, 5.74) is 8.82. The smallest absolute Gasteiger partial charge is 0.143 e. The van der Waals surface area contributed by atoms with Crippen LogP contribution in [0.25, 0.3) is 0 Å². The van der Waals surface area contributed by atoms with Crippen molar-refractivity contribution in [3.8, 4) is 5.75 Å². The maximum absolute atomic E-state index is 6.06. The highest BCUT2D eigenvalue weighted by atomic mass is 79.9. The van der Waals surface area contributed by atoms with Crippen molar-refractivity contribution in [3.05, 3.63) is 52.5 Å². The number of hydrogen-bond acceptors (Lipinski definition) is 3. The van der Waals surface area contributed by atoms with Crippen LogP contribution in [-0.2, 0) is 6.54 Å². The van der Waals surface area contributed by atoms with E-state index in [0.717, 1.165) is 34.7 Å². The minimum absolute atomic E-state index is 0.210. The Morgan fingerprint density at radius 2 is 1.90 bits per heavy atom. The minimum atomic E-state index is -0.210. The lowest BCUT2D eigenvalue weighted by Gasteiger charge is -2.41. The maximum Gasteiger partial charge on any atom is 0.143 e. The topological polar surface area (TPSA) is 38.5 Å². The van der Waals surface area contributed by atoms with E-state index in [1.165, 1.54) is 5.56 Å². The lowest BCUT2D eigenvalue weighted by Crippen LogP contribution is -2.46. The van der Waals surface area contributed by atoms with E-state index in [1.54, 1.807) is 0 Å². The Bertz CT molecular complexity index is 652. The summed E-state index contributed by atoms with van der Waals surface area (Å²) in [6, 6.07) is 14.3. The Labute approximate surface area is 133 Å². The molecule has 1 aliphatic heterocycles. The number of ether oxygens (including phenoxy) is 1. The van der Waals surface area contributed by atoms with Gasteiger partial charge in [0.05, 0.1) is 12.2 Å². The van der Waals surface area contributed by atoms with Crippen molar-refractivity contribution in [2.24, 2.45) is 0 Å². The minimum Gasteiger partial charge on any atom is -0.484 e. The van der Waals surface area contributed by atoms with Crippen LogP contribution in [0.4, 0.5) is 11.4 Å². The Morgan fingerprint density at radius 1 is 1.19 bits per heavy atom. The van der Waals surface area contributed by atoms with Gasteiger partial charge in [-0.3, -0.25) is 0 Å². The molecule has 1 heterocycles. The third-order valence-corrected chi connectivity index (χ3v) is 4.10. The van der Waals surface area contributed by atoms with Crippen LogP contribution in [-0.4, -0.2) is 12.1 Å². The number of rotatable bonds is 2. The first-order valence-electron chi connectivity index (χ1n) is 7.01. The van der Waals surface area contributed by atoms with Crippen molar-refractivity contribution in [1.82, 2.24) is 0 Å². The Morgan fingerprint density at radius 3 is 2.62 bits per heavy atom. The highest BCUT2D eigenvalue weighted by Crippen LogP contribution is 2.39. The fraction of sp³-hybridized carbons (Fsp3) is 0.294. The van der Waals surface area contributed by atoms with Gasteiger partial charge in [0, 0.05) is 16.7 Å². The van der Waals surface area contributed by atoms with E-state index in [1.807, 2.05) is 18.2 Å². The molecule has 0 amide bonds. The molecule has 3 rings (SSSR count). The van der Waals surface area contributed by atoms with Gasteiger partial charge in [0.15, 0.2) is 0 Å². The Balaban J connectivity index is 1.94. The molecule has 0 saturated carbocycles. The van der Waals surface area contributed by atoms with Gasteiger partial charge in [0.25, 0.3) is 0 Å². The van der Waals surface area contributed by atoms with Crippen molar-refractivity contribution in [2.45, 2.75) is 26.0 Å². The molecule has 0 fully saturated rings. The first-order valence-corrected chi connectivity index (χ1v) is 7.80. The van der Waals surface area contributed by atoms with Crippen molar-refractivity contribution in [1.29, 1.82) is 0 Å². The largest absolute Gasteiger partial charge is 0.484 e. The third-order valence-electron chi connectivity index (χ3n) is 3.57. The average molecular weight is 347 g/mol. The molecule has 2 aromatic carbocycles. The highest BCUT2D eigenvalue weighted by molar-refractivity contribution is 9.10. The number of nitrogen functional groups attached to an aromatic ring is 1. The Kier molecular flexibility index (Phi) is 3.57. The molecule has 0 radical (unpaired) electrons. The second-order valence-electron chi connectivity index (χ2n) is 6.07. The van der Waals surface area contributed by atoms with E-state index in [0.29, 0.717) is 0 Å². The van der Waals surface area contributed by atoms with Crippen LogP contribution >= 0.6 is 15.9 Å². The fourth-order valence-electron chi connectivity index (χ4n) is 2.69. The Hall–Kier alpha value is -1.68. The van der Waals surface area contributed by atoms with E-state index >= 15 is 0 Å². The van der Waals surface area contributed by atoms with Crippen molar-refractivity contribution >= 4 is 27.3 Å². The van der Waals surface area contributed by atoms with E-state index < -0.39 is 0 Å². The zero-order valence-electron chi connectivity index (χ0n) is 12.3. The van der Waals surface area contributed by atoms with Crippen LogP contribution in [0.2, 0.25) is 0 Å². The number of nitrogens with zero attached hydrogens (tertiary/aromatic N) is 1. The van der Waals surface area contributed by atoms with Gasteiger partial charge < -0.3 is 15.4 Å². The van der Waals surface area contributed by atoms with Gasteiger partial charge >= 0.3 is 0 Å². The van der Waals surface area contributed by atoms with Gasteiger partial charge in [-0.05, 0) is 49.7 Å². The van der Waals surface area contributed by atoms with Gasteiger partial charge in [-0.1, -0.05) is 28.1 Å². The van der Waals surface area contributed by atoms with E-state index in [4.69, 9.17) is 10.5 Å². The van der Waals surface area contributed by atoms with Crippen molar-refractivity contribution in [3.63, 3.8) is 0 Å². The first kappa shape index (κ1) is 14.3. The van der Waals surface area contributed by atoms with Crippen LogP contribution in [0, 0.1) is 0 Å². The normalized spacial score (nSPS) is 16.2. The summed E-state index contributed by atoms with van der Waals surface area (Å²) in [6.45, 7) is 5.90. The zero-order chi connectivity index (χ0) is 15.0. The highest BCUT2D eigenvalue weighted by Gasteiger charge is 2.31. The molecule has 0 aromatic heterocycles. The predicted molar refractivity (Wildman–Crippen MR) is 90.8 cm³/mol. The number of nitrogens with two attached hydrogens (primary N) is 1. The summed E-state index contributed by atoms with van der Waals surface area (Å²) in [7, 11) is 0. The van der Waals surface area contributed by atoms with Crippen molar-refractivity contribution < 1.29 is 4.74 Å². The van der Waals surface area contributed by atoms with Crippen LogP contribution in [0.15, 0.2) is 46.9 Å². The molecule has 0 unspecified atom stereocenters. The summed E-state index contributed by atoms with van der Waals surface area (Å²) >= 11 is 3.47. The summed E-state index contributed by atoms with van der Waals surface area (Å²) < 4.78 is 7.15. The molecule has 0 atom stereocenters. The second-order valence-corrected chi connectivity index (χ2v) is 6.99. The SMILES string of the molecule is CC1(C)CN(Cc2ccc(Br)cc2)c2cc(N)ccc2O1. The fourth-order valence-corrected chi connectivity index (χ4v) is 2.96. The standard InChI is InChI=1S/C17H19BrN2O/c1-17(2)11-20(10-12-3-5-13(18)6-4-12)15-9-14(19)7-8-16(15)21-17/h3-9H,10-11,19H2,1-2H3. The number of hydrogen-bond donors (Lipinski definition) is 1. The lowest BCUT2D eigenvalue weighted by atomic mass is 10.0. The van der Waals surface area contributed by atoms with Gasteiger partial charge in [0.2, 0.25) is 0 Å². The van der Waals surface area contributed by atoms with Crippen LogP contribution in [0.3, 0.4) is 0 Å². The summed E-state index contributed by atoms with van der Waals surface area (Å²) in [5, 5.41) is 0. The molecular formula is C17H19BrN2O. The quantitative estimate of drug-likeness (QED) is 0.827. The van der Waals surface area contributed by atoms with Crippen molar-refractivity contribution in [2.75, 3.05) is 17.2 Å². The molecule has 2 aromatic rings. The molecule has 110 valence electrons. The molecule has 3 nitrogen and oxygen atoms in total. The van der Waals surface area contributed by atoms with Gasteiger partial charge in [0.1, 0.15) is 11.4 Å².